The number of rotatable bonds is 6. The van der Waals surface area contributed by atoms with Crippen molar-refractivity contribution in [2.75, 3.05) is 25.5 Å². The Kier molecular flexibility index (Phi) is 5.97. The number of para-hydroxylation sites is 1. The van der Waals surface area contributed by atoms with Gasteiger partial charge >= 0.3 is 0 Å². The van der Waals surface area contributed by atoms with E-state index in [-0.39, 0.29) is 12.7 Å². The molecule has 1 fully saturated rings. The average Bonchev–Trinajstić information content (AvgIpc) is 3.21. The fourth-order valence-corrected chi connectivity index (χ4v) is 3.78. The van der Waals surface area contributed by atoms with Crippen molar-refractivity contribution < 1.29 is 14.6 Å². The SMILES string of the molecule is Cc1cc(Nc2ncnc3ccc(N=C4OC(CO)CN4C)cc23)ccc1Oc1ccccc1. The predicted molar refractivity (Wildman–Crippen MR) is 132 cm³/mol. The van der Waals surface area contributed by atoms with E-state index in [1.54, 1.807) is 0 Å². The van der Waals surface area contributed by atoms with E-state index < -0.39 is 0 Å². The van der Waals surface area contributed by atoms with Gasteiger partial charge in [-0.3, -0.25) is 0 Å². The maximum absolute atomic E-state index is 9.36. The number of hydrogen-bond acceptors (Lipinski definition) is 7. The van der Waals surface area contributed by atoms with Crippen LogP contribution in [0.1, 0.15) is 5.56 Å². The minimum Gasteiger partial charge on any atom is -0.457 e. The van der Waals surface area contributed by atoms with E-state index in [1.165, 1.54) is 6.33 Å². The molecule has 5 rings (SSSR count). The number of aliphatic hydroxyl groups excluding tert-OH is 1. The Morgan fingerprint density at radius 1 is 1.12 bits per heavy atom. The van der Waals surface area contributed by atoms with Crippen LogP contribution in [0.5, 0.6) is 11.5 Å². The molecule has 0 aliphatic carbocycles. The van der Waals surface area contributed by atoms with Gasteiger partial charge in [-0.1, -0.05) is 18.2 Å². The number of aromatic nitrogens is 2. The summed E-state index contributed by atoms with van der Waals surface area (Å²) in [6.07, 6.45) is 1.28. The number of nitrogens with zero attached hydrogens (tertiary/aromatic N) is 4. The number of likely N-dealkylation sites (N-methyl/N-ethyl adjacent to an activating group) is 1. The number of fused-ring (bicyclic) bond motifs is 1. The summed E-state index contributed by atoms with van der Waals surface area (Å²) in [4.78, 5) is 15.3. The van der Waals surface area contributed by atoms with Crippen molar-refractivity contribution in [3.8, 4) is 11.5 Å². The van der Waals surface area contributed by atoms with Crippen LogP contribution in [0, 0.1) is 6.92 Å². The summed E-state index contributed by atoms with van der Waals surface area (Å²) in [6, 6.07) is 21.8. The summed E-state index contributed by atoms with van der Waals surface area (Å²) in [7, 11) is 1.89. The van der Waals surface area contributed by atoms with Gasteiger partial charge in [-0.25, -0.2) is 9.97 Å². The third kappa shape index (κ3) is 4.62. The topological polar surface area (TPSA) is 92.1 Å². The van der Waals surface area contributed by atoms with Gasteiger partial charge in [0, 0.05) is 18.1 Å². The highest BCUT2D eigenvalue weighted by atomic mass is 16.5. The number of aryl methyl sites for hydroxylation is 1. The molecule has 1 atom stereocenters. The Balaban J connectivity index is 1.40. The molecule has 0 saturated carbocycles. The van der Waals surface area contributed by atoms with Crippen molar-refractivity contribution in [3.05, 3.63) is 78.6 Å². The number of ether oxygens (including phenoxy) is 2. The third-order valence-corrected chi connectivity index (χ3v) is 5.53. The lowest BCUT2D eigenvalue weighted by Gasteiger charge is -2.13. The van der Waals surface area contributed by atoms with Gasteiger partial charge in [-0.2, -0.15) is 4.99 Å². The van der Waals surface area contributed by atoms with Gasteiger partial charge in [0.25, 0.3) is 6.02 Å². The molecule has 2 heterocycles. The number of nitrogens with one attached hydrogen (secondary N) is 1. The van der Waals surface area contributed by atoms with Crippen LogP contribution in [-0.4, -0.2) is 52.3 Å². The summed E-state index contributed by atoms with van der Waals surface area (Å²) < 4.78 is 11.7. The molecular formula is C26H25N5O3. The fourth-order valence-electron chi connectivity index (χ4n) is 3.78. The molecule has 1 aromatic heterocycles. The molecule has 1 unspecified atom stereocenters. The zero-order valence-electron chi connectivity index (χ0n) is 19.0. The van der Waals surface area contributed by atoms with Crippen LogP contribution < -0.4 is 10.1 Å². The van der Waals surface area contributed by atoms with Crippen molar-refractivity contribution in [2.24, 2.45) is 4.99 Å². The number of aliphatic imine (C=N–C) groups is 1. The Bertz CT molecular complexity index is 1340. The lowest BCUT2D eigenvalue weighted by atomic mass is 10.1. The number of anilines is 2. The van der Waals surface area contributed by atoms with Crippen molar-refractivity contribution in [1.82, 2.24) is 14.9 Å². The molecule has 1 saturated heterocycles. The van der Waals surface area contributed by atoms with Crippen LogP contribution in [0.4, 0.5) is 17.2 Å². The minimum atomic E-state index is -0.262. The quantitative estimate of drug-likeness (QED) is 0.432. The van der Waals surface area contributed by atoms with E-state index in [0.29, 0.717) is 24.1 Å². The minimum absolute atomic E-state index is 0.0441. The Labute approximate surface area is 197 Å². The van der Waals surface area contributed by atoms with E-state index in [1.807, 2.05) is 85.6 Å². The smallest absolute Gasteiger partial charge is 0.292 e. The first kappa shape index (κ1) is 21.7. The number of aliphatic hydroxyl groups is 1. The maximum Gasteiger partial charge on any atom is 0.292 e. The average molecular weight is 456 g/mol. The highest BCUT2D eigenvalue weighted by Gasteiger charge is 2.26. The Hall–Kier alpha value is -4.17. The standard InChI is InChI=1S/C26H25N5O3/c1-17-12-18(9-11-24(17)33-20-6-4-3-5-7-20)29-25-22-13-19(8-10-23(22)27-16-28-25)30-26-31(2)14-21(15-32)34-26/h3-13,16,21,32H,14-15H2,1-2H3,(H,27,28,29). The van der Waals surface area contributed by atoms with Crippen LogP contribution in [0.3, 0.4) is 0 Å². The summed E-state index contributed by atoms with van der Waals surface area (Å²) in [5, 5.41) is 13.6. The maximum atomic E-state index is 9.36. The number of benzene rings is 3. The molecule has 0 amide bonds. The zero-order chi connectivity index (χ0) is 23.5. The molecule has 1 aliphatic heterocycles. The molecule has 8 nitrogen and oxygen atoms in total. The van der Waals surface area contributed by atoms with Gasteiger partial charge in [-0.05, 0) is 61.0 Å². The zero-order valence-corrected chi connectivity index (χ0v) is 19.0. The van der Waals surface area contributed by atoms with Crippen LogP contribution in [0.2, 0.25) is 0 Å². The van der Waals surface area contributed by atoms with E-state index >= 15 is 0 Å². The monoisotopic (exact) mass is 455 g/mol. The lowest BCUT2D eigenvalue weighted by molar-refractivity contribution is 0.132. The van der Waals surface area contributed by atoms with Crippen molar-refractivity contribution >= 4 is 34.1 Å². The molecular weight excluding hydrogens is 430 g/mol. The van der Waals surface area contributed by atoms with E-state index in [0.717, 1.165) is 33.7 Å². The molecule has 0 radical (unpaired) electrons. The molecule has 8 heteroatoms. The molecule has 0 bridgehead atoms. The van der Waals surface area contributed by atoms with E-state index in [9.17, 15) is 5.11 Å². The first-order valence-corrected chi connectivity index (χ1v) is 11.0. The summed E-state index contributed by atoms with van der Waals surface area (Å²) in [5.41, 5.74) is 3.41. The second-order valence-electron chi connectivity index (χ2n) is 8.14. The van der Waals surface area contributed by atoms with Crippen molar-refractivity contribution in [1.29, 1.82) is 0 Å². The fraction of sp³-hybridized carbons (Fsp3) is 0.192. The molecule has 1 aliphatic rings. The highest BCUT2D eigenvalue weighted by molar-refractivity contribution is 5.93. The summed E-state index contributed by atoms with van der Waals surface area (Å²) in [6.45, 7) is 2.56. The predicted octanol–water partition coefficient (Wildman–Crippen LogP) is 4.78. The number of hydrogen-bond donors (Lipinski definition) is 2. The van der Waals surface area contributed by atoms with Crippen molar-refractivity contribution in [3.63, 3.8) is 0 Å². The van der Waals surface area contributed by atoms with Gasteiger partial charge in [0.15, 0.2) is 0 Å². The lowest BCUT2D eigenvalue weighted by Crippen LogP contribution is -2.21. The largest absolute Gasteiger partial charge is 0.457 e. The first-order valence-electron chi connectivity index (χ1n) is 11.0. The van der Waals surface area contributed by atoms with Crippen LogP contribution in [0.25, 0.3) is 10.9 Å². The highest BCUT2D eigenvalue weighted by Crippen LogP contribution is 2.31. The molecule has 4 aromatic rings. The van der Waals surface area contributed by atoms with Gasteiger partial charge in [0.05, 0.1) is 24.4 Å². The van der Waals surface area contributed by atoms with Gasteiger partial charge in [0.2, 0.25) is 0 Å². The molecule has 3 aromatic carbocycles. The molecule has 34 heavy (non-hydrogen) atoms. The summed E-state index contributed by atoms with van der Waals surface area (Å²) >= 11 is 0. The Morgan fingerprint density at radius 3 is 2.74 bits per heavy atom. The van der Waals surface area contributed by atoms with E-state index in [4.69, 9.17) is 9.47 Å². The van der Waals surface area contributed by atoms with E-state index in [2.05, 4.69) is 20.3 Å². The molecule has 0 spiro atoms. The third-order valence-electron chi connectivity index (χ3n) is 5.53. The first-order chi connectivity index (χ1) is 16.6. The Morgan fingerprint density at radius 2 is 1.97 bits per heavy atom. The molecule has 2 N–H and O–H groups in total. The normalized spacial score (nSPS) is 16.6. The van der Waals surface area contributed by atoms with Gasteiger partial charge < -0.3 is 24.8 Å². The second-order valence-corrected chi connectivity index (χ2v) is 8.14. The second kappa shape index (κ2) is 9.36. The van der Waals surface area contributed by atoms with Crippen LogP contribution >= 0.6 is 0 Å². The number of amidine groups is 1. The van der Waals surface area contributed by atoms with Crippen molar-refractivity contribution in [2.45, 2.75) is 13.0 Å². The van der Waals surface area contributed by atoms with Crippen LogP contribution in [-0.2, 0) is 4.74 Å². The summed E-state index contributed by atoms with van der Waals surface area (Å²) in [5.74, 6) is 2.27. The van der Waals surface area contributed by atoms with Gasteiger partial charge in [-0.15, -0.1) is 0 Å². The van der Waals surface area contributed by atoms with Gasteiger partial charge in [0.1, 0.15) is 29.7 Å². The van der Waals surface area contributed by atoms with Crippen LogP contribution in [0.15, 0.2) is 78.0 Å². The molecule has 172 valence electrons.